The predicted octanol–water partition coefficient (Wildman–Crippen LogP) is 1.33. The number of aryl methyl sites for hydroxylation is 2. The van der Waals surface area contributed by atoms with E-state index in [0.717, 1.165) is 50.7 Å². The summed E-state index contributed by atoms with van der Waals surface area (Å²) in [5.74, 6) is 0.939. The monoisotopic (exact) mass is 357 g/mol. The summed E-state index contributed by atoms with van der Waals surface area (Å²) in [7, 11) is 3.38. The maximum absolute atomic E-state index is 11.9. The number of rotatable bonds is 6. The average Bonchev–Trinajstić information content (AvgIpc) is 2.66. The van der Waals surface area contributed by atoms with Crippen molar-refractivity contribution < 1.29 is 4.74 Å². The van der Waals surface area contributed by atoms with Crippen LogP contribution in [0, 0.1) is 6.92 Å². The van der Waals surface area contributed by atoms with Gasteiger partial charge in [0.25, 0.3) is 5.56 Å². The van der Waals surface area contributed by atoms with Gasteiger partial charge in [0.15, 0.2) is 0 Å². The molecule has 2 heterocycles. The lowest BCUT2D eigenvalue weighted by atomic mass is 10.1. The van der Waals surface area contributed by atoms with Crippen molar-refractivity contribution >= 4 is 11.4 Å². The summed E-state index contributed by atoms with van der Waals surface area (Å²) in [6, 6.07) is 8.08. The molecular formula is C19H27N5O2. The smallest absolute Gasteiger partial charge is 0.289 e. The number of anilines is 2. The third-order valence-corrected chi connectivity index (χ3v) is 4.80. The summed E-state index contributed by atoms with van der Waals surface area (Å²) in [5.41, 5.74) is 2.88. The fraction of sp³-hybridized carbons (Fsp3) is 0.474. The van der Waals surface area contributed by atoms with Gasteiger partial charge in [-0.3, -0.25) is 9.69 Å². The van der Waals surface area contributed by atoms with Crippen LogP contribution in [0.15, 0.2) is 35.3 Å². The molecular weight excluding hydrogens is 330 g/mol. The lowest BCUT2D eigenvalue weighted by Gasteiger charge is -2.36. The van der Waals surface area contributed by atoms with Gasteiger partial charge in [-0.25, -0.2) is 4.68 Å². The number of methoxy groups -OCH3 is 1. The average molecular weight is 357 g/mol. The van der Waals surface area contributed by atoms with Gasteiger partial charge in [-0.05, 0) is 30.7 Å². The first-order chi connectivity index (χ1) is 12.6. The molecule has 0 radical (unpaired) electrons. The Bertz CT molecular complexity index is 797. The molecule has 140 valence electrons. The second-order valence-electron chi connectivity index (χ2n) is 6.60. The second-order valence-corrected chi connectivity index (χ2v) is 6.60. The summed E-state index contributed by atoms with van der Waals surface area (Å²) >= 11 is 0. The molecule has 1 aromatic carbocycles. The molecule has 1 N–H and O–H groups in total. The number of nitrogens with one attached hydrogen (secondary N) is 1. The molecule has 1 saturated heterocycles. The zero-order valence-electron chi connectivity index (χ0n) is 15.7. The van der Waals surface area contributed by atoms with Crippen LogP contribution in [0.4, 0.5) is 11.4 Å². The molecule has 0 saturated carbocycles. The predicted molar refractivity (Wildman–Crippen MR) is 104 cm³/mol. The quantitative estimate of drug-likeness (QED) is 0.842. The molecule has 7 heteroatoms. The second kappa shape index (κ2) is 8.23. The van der Waals surface area contributed by atoms with Gasteiger partial charge in [0.2, 0.25) is 0 Å². The highest BCUT2D eigenvalue weighted by Gasteiger charge is 2.19. The molecule has 0 unspecified atom stereocenters. The highest BCUT2D eigenvalue weighted by Crippen LogP contribution is 2.29. The summed E-state index contributed by atoms with van der Waals surface area (Å²) in [6.45, 7) is 7.65. The summed E-state index contributed by atoms with van der Waals surface area (Å²) < 4.78 is 6.88. The number of hydrogen-bond donors (Lipinski definition) is 1. The first-order valence-corrected chi connectivity index (χ1v) is 8.96. The molecule has 0 bridgehead atoms. The minimum absolute atomic E-state index is 0.0937. The van der Waals surface area contributed by atoms with Crippen molar-refractivity contribution in [3.8, 4) is 5.75 Å². The van der Waals surface area contributed by atoms with Gasteiger partial charge < -0.3 is 15.0 Å². The molecule has 1 aromatic heterocycles. The molecule has 0 aliphatic carbocycles. The van der Waals surface area contributed by atoms with E-state index in [1.54, 1.807) is 26.4 Å². The first-order valence-electron chi connectivity index (χ1n) is 8.96. The SMILES string of the molecule is COc1cc(C)ccc1N1CCN(CCNc2ccnn(C)c2=O)CC1. The van der Waals surface area contributed by atoms with E-state index in [1.165, 1.54) is 10.2 Å². The largest absolute Gasteiger partial charge is 0.495 e. The van der Waals surface area contributed by atoms with Crippen molar-refractivity contribution in [2.24, 2.45) is 7.05 Å². The van der Waals surface area contributed by atoms with Crippen LogP contribution < -0.4 is 20.5 Å². The van der Waals surface area contributed by atoms with Gasteiger partial charge in [0, 0.05) is 52.5 Å². The summed E-state index contributed by atoms with van der Waals surface area (Å²) in [4.78, 5) is 16.7. The Morgan fingerprint density at radius 1 is 1.19 bits per heavy atom. The zero-order chi connectivity index (χ0) is 18.5. The van der Waals surface area contributed by atoms with Crippen LogP contribution in [0.25, 0.3) is 0 Å². The van der Waals surface area contributed by atoms with E-state index in [4.69, 9.17) is 4.74 Å². The van der Waals surface area contributed by atoms with Gasteiger partial charge in [0.1, 0.15) is 11.4 Å². The number of aromatic nitrogens is 2. The van der Waals surface area contributed by atoms with E-state index in [9.17, 15) is 4.79 Å². The van der Waals surface area contributed by atoms with E-state index in [-0.39, 0.29) is 5.56 Å². The van der Waals surface area contributed by atoms with E-state index in [2.05, 4.69) is 45.3 Å². The lowest BCUT2D eigenvalue weighted by Crippen LogP contribution is -2.47. The molecule has 1 fully saturated rings. The van der Waals surface area contributed by atoms with Crippen molar-refractivity contribution in [1.82, 2.24) is 14.7 Å². The van der Waals surface area contributed by atoms with Crippen molar-refractivity contribution in [2.75, 3.05) is 56.6 Å². The van der Waals surface area contributed by atoms with E-state index in [1.807, 2.05) is 0 Å². The Balaban J connectivity index is 1.50. The minimum Gasteiger partial charge on any atom is -0.495 e. The number of hydrogen-bond acceptors (Lipinski definition) is 6. The topological polar surface area (TPSA) is 62.6 Å². The standard InChI is InChI=1S/C19H27N5O2/c1-15-4-5-17(18(14-15)26-3)24-12-10-23(11-13-24)9-8-20-16-6-7-21-22(2)19(16)25/h4-7,14,20H,8-13H2,1-3H3. The molecule has 1 aliphatic heterocycles. The number of ether oxygens (including phenoxy) is 1. The van der Waals surface area contributed by atoms with Gasteiger partial charge in [-0.1, -0.05) is 6.07 Å². The van der Waals surface area contributed by atoms with Gasteiger partial charge in [0.05, 0.1) is 12.8 Å². The van der Waals surface area contributed by atoms with Crippen LogP contribution in [-0.4, -0.2) is 61.1 Å². The van der Waals surface area contributed by atoms with E-state index < -0.39 is 0 Å². The highest BCUT2D eigenvalue weighted by molar-refractivity contribution is 5.60. The minimum atomic E-state index is -0.0937. The number of benzene rings is 1. The third kappa shape index (κ3) is 4.16. The van der Waals surface area contributed by atoms with Crippen LogP contribution in [0.2, 0.25) is 0 Å². The van der Waals surface area contributed by atoms with Crippen LogP contribution in [0.1, 0.15) is 5.56 Å². The van der Waals surface area contributed by atoms with Crippen molar-refractivity contribution in [3.63, 3.8) is 0 Å². The first kappa shape index (κ1) is 18.3. The molecule has 0 spiro atoms. The van der Waals surface area contributed by atoms with Crippen molar-refractivity contribution in [3.05, 3.63) is 46.4 Å². The number of nitrogens with zero attached hydrogens (tertiary/aromatic N) is 4. The van der Waals surface area contributed by atoms with Crippen LogP contribution >= 0.6 is 0 Å². The lowest BCUT2D eigenvalue weighted by molar-refractivity contribution is 0.266. The fourth-order valence-electron chi connectivity index (χ4n) is 3.25. The summed E-state index contributed by atoms with van der Waals surface area (Å²) in [6.07, 6.45) is 1.64. The van der Waals surface area contributed by atoms with E-state index in [0.29, 0.717) is 5.69 Å². The highest BCUT2D eigenvalue weighted by atomic mass is 16.5. The van der Waals surface area contributed by atoms with E-state index >= 15 is 0 Å². The maximum Gasteiger partial charge on any atom is 0.289 e. The Kier molecular flexibility index (Phi) is 5.78. The maximum atomic E-state index is 11.9. The fourth-order valence-corrected chi connectivity index (χ4v) is 3.25. The Labute approximate surface area is 154 Å². The van der Waals surface area contributed by atoms with Gasteiger partial charge in [-0.15, -0.1) is 0 Å². The van der Waals surface area contributed by atoms with Crippen molar-refractivity contribution in [1.29, 1.82) is 0 Å². The van der Waals surface area contributed by atoms with Crippen LogP contribution in [0.5, 0.6) is 5.75 Å². The van der Waals surface area contributed by atoms with Crippen LogP contribution in [-0.2, 0) is 7.05 Å². The Hall–Kier alpha value is -2.54. The Morgan fingerprint density at radius 3 is 2.69 bits per heavy atom. The van der Waals surface area contributed by atoms with Gasteiger partial charge >= 0.3 is 0 Å². The van der Waals surface area contributed by atoms with Crippen molar-refractivity contribution in [2.45, 2.75) is 6.92 Å². The molecule has 0 amide bonds. The zero-order valence-corrected chi connectivity index (χ0v) is 15.7. The Morgan fingerprint density at radius 2 is 1.96 bits per heavy atom. The molecule has 1 aliphatic rings. The number of piperazine rings is 1. The normalized spacial score (nSPS) is 15.1. The van der Waals surface area contributed by atoms with Gasteiger partial charge in [-0.2, -0.15) is 5.10 Å². The third-order valence-electron chi connectivity index (χ3n) is 4.80. The summed E-state index contributed by atoms with van der Waals surface area (Å²) in [5, 5.41) is 7.15. The molecule has 26 heavy (non-hydrogen) atoms. The molecule has 3 rings (SSSR count). The molecule has 0 atom stereocenters. The molecule has 7 nitrogen and oxygen atoms in total. The molecule has 2 aromatic rings. The van der Waals surface area contributed by atoms with Crippen LogP contribution in [0.3, 0.4) is 0 Å².